The molecule has 7 nitrogen and oxygen atoms in total. The third kappa shape index (κ3) is 7.07. The monoisotopic (exact) mass is 485 g/mol. The molecule has 0 saturated heterocycles. The molecule has 2 aromatic carbocycles. The minimum atomic E-state index is -1.00. The fourth-order valence-corrected chi connectivity index (χ4v) is 3.70. The van der Waals surface area contributed by atoms with Crippen LogP contribution >= 0.6 is 11.6 Å². The minimum Gasteiger partial charge on any atom is -0.481 e. The van der Waals surface area contributed by atoms with Crippen LogP contribution in [0.15, 0.2) is 60.9 Å². The molecule has 1 amide bonds. The Morgan fingerprint density at radius 1 is 1.15 bits per heavy atom. The maximum absolute atomic E-state index is 14.2. The van der Waals surface area contributed by atoms with E-state index in [4.69, 9.17) is 16.3 Å². The van der Waals surface area contributed by atoms with Crippen LogP contribution in [0, 0.1) is 11.7 Å². The van der Waals surface area contributed by atoms with Gasteiger partial charge < -0.3 is 15.2 Å². The average molecular weight is 486 g/mol. The second-order valence-electron chi connectivity index (χ2n) is 7.70. The van der Waals surface area contributed by atoms with Crippen molar-refractivity contribution in [1.29, 1.82) is 0 Å². The first-order valence-electron chi connectivity index (χ1n) is 10.8. The van der Waals surface area contributed by atoms with Gasteiger partial charge in [0.2, 0.25) is 5.82 Å². The Bertz CT molecular complexity index is 1110. The Balaban J connectivity index is 1.80. The highest BCUT2D eigenvalue weighted by Gasteiger charge is 2.25. The summed E-state index contributed by atoms with van der Waals surface area (Å²) in [4.78, 5) is 32.3. The molecule has 0 unspecified atom stereocenters. The molecule has 178 valence electrons. The van der Waals surface area contributed by atoms with Crippen molar-refractivity contribution in [2.75, 3.05) is 13.2 Å². The van der Waals surface area contributed by atoms with Gasteiger partial charge in [0, 0.05) is 35.6 Å². The number of aliphatic carboxylic acids is 1. The highest BCUT2D eigenvalue weighted by molar-refractivity contribution is 6.30. The largest absolute Gasteiger partial charge is 0.481 e. The van der Waals surface area contributed by atoms with Crippen LogP contribution in [-0.2, 0) is 16.0 Å². The number of carbonyl (C=O) groups excluding carboxylic acids is 1. The van der Waals surface area contributed by atoms with E-state index in [9.17, 15) is 19.1 Å². The molecule has 2 atom stereocenters. The van der Waals surface area contributed by atoms with Crippen LogP contribution in [0.3, 0.4) is 0 Å². The molecular formula is C25H25ClFN3O4. The Labute approximate surface area is 202 Å². The number of carboxylic acid groups (broad SMARTS) is 1. The number of ether oxygens (including phenoxy) is 1. The molecule has 9 heteroatoms. The van der Waals surface area contributed by atoms with E-state index in [0.29, 0.717) is 29.2 Å². The second kappa shape index (κ2) is 12.2. The van der Waals surface area contributed by atoms with Gasteiger partial charge in [0.25, 0.3) is 5.91 Å². The lowest BCUT2D eigenvalue weighted by molar-refractivity contribution is -0.144. The van der Waals surface area contributed by atoms with Gasteiger partial charge in [0.1, 0.15) is 5.82 Å². The second-order valence-corrected chi connectivity index (χ2v) is 8.13. The number of rotatable bonds is 11. The standard InChI is InChI=1S/C25H25ClFN3O4/c1-2-34-15-18(25(32)33)13-20(30-24(31)23-28-10-3-11-29-23)12-16-4-6-17(7-5-16)21-14-19(26)8-9-22(21)27/h3-11,14,18,20H,2,12-13,15H2,1H3,(H,30,31)(H,32,33)/t18-,20+/m0/s1. The summed E-state index contributed by atoms with van der Waals surface area (Å²) in [6.07, 6.45) is 3.42. The van der Waals surface area contributed by atoms with Gasteiger partial charge in [-0.3, -0.25) is 9.59 Å². The molecule has 0 aliphatic rings. The molecule has 1 aromatic heterocycles. The zero-order chi connectivity index (χ0) is 24.5. The highest BCUT2D eigenvalue weighted by Crippen LogP contribution is 2.26. The number of amides is 1. The van der Waals surface area contributed by atoms with E-state index in [0.717, 1.165) is 5.56 Å². The lowest BCUT2D eigenvalue weighted by Crippen LogP contribution is -2.40. The van der Waals surface area contributed by atoms with Crippen molar-refractivity contribution in [3.63, 3.8) is 0 Å². The summed E-state index contributed by atoms with van der Waals surface area (Å²) in [6.45, 7) is 2.21. The van der Waals surface area contributed by atoms with Crippen molar-refractivity contribution >= 4 is 23.5 Å². The molecule has 0 saturated carbocycles. The smallest absolute Gasteiger partial charge is 0.308 e. The Kier molecular flexibility index (Phi) is 9.07. The van der Waals surface area contributed by atoms with Gasteiger partial charge in [-0.2, -0.15) is 0 Å². The third-order valence-electron chi connectivity index (χ3n) is 5.22. The molecular weight excluding hydrogens is 461 g/mol. The summed E-state index contributed by atoms with van der Waals surface area (Å²) in [6, 6.07) is 12.6. The number of benzene rings is 2. The van der Waals surface area contributed by atoms with E-state index in [2.05, 4.69) is 15.3 Å². The van der Waals surface area contributed by atoms with Gasteiger partial charge in [-0.05, 0) is 55.2 Å². The fraction of sp³-hybridized carbons (Fsp3) is 0.280. The van der Waals surface area contributed by atoms with Crippen LogP contribution in [0.1, 0.15) is 29.5 Å². The van der Waals surface area contributed by atoms with Crippen LogP contribution < -0.4 is 5.32 Å². The van der Waals surface area contributed by atoms with Gasteiger partial charge >= 0.3 is 5.97 Å². The van der Waals surface area contributed by atoms with Gasteiger partial charge in [-0.15, -0.1) is 0 Å². The molecule has 34 heavy (non-hydrogen) atoms. The predicted molar refractivity (Wildman–Crippen MR) is 126 cm³/mol. The lowest BCUT2D eigenvalue weighted by atomic mass is 9.94. The fourth-order valence-electron chi connectivity index (χ4n) is 3.53. The number of carbonyl (C=O) groups is 2. The lowest BCUT2D eigenvalue weighted by Gasteiger charge is -2.22. The van der Waals surface area contributed by atoms with Crippen molar-refractivity contribution in [3.8, 4) is 11.1 Å². The number of nitrogens with zero attached hydrogens (tertiary/aromatic N) is 2. The van der Waals surface area contributed by atoms with Gasteiger partial charge in [-0.25, -0.2) is 14.4 Å². The number of nitrogens with one attached hydrogen (secondary N) is 1. The summed E-state index contributed by atoms with van der Waals surface area (Å²) in [5.74, 6) is -2.69. The van der Waals surface area contributed by atoms with E-state index in [1.165, 1.54) is 24.5 Å². The molecule has 0 spiro atoms. The van der Waals surface area contributed by atoms with Crippen molar-refractivity contribution in [2.24, 2.45) is 5.92 Å². The summed E-state index contributed by atoms with van der Waals surface area (Å²) >= 11 is 6.00. The van der Waals surface area contributed by atoms with E-state index in [1.54, 1.807) is 31.2 Å². The number of carboxylic acids is 1. The summed E-state index contributed by atoms with van der Waals surface area (Å²) < 4.78 is 19.5. The van der Waals surface area contributed by atoms with Gasteiger partial charge in [0.15, 0.2) is 0 Å². The molecule has 2 N–H and O–H groups in total. The molecule has 3 rings (SSSR count). The Morgan fingerprint density at radius 2 is 1.85 bits per heavy atom. The number of halogens is 2. The maximum atomic E-state index is 14.2. The van der Waals surface area contributed by atoms with Crippen molar-refractivity contribution in [3.05, 3.63) is 83.2 Å². The highest BCUT2D eigenvalue weighted by atomic mass is 35.5. The van der Waals surface area contributed by atoms with Gasteiger partial charge in [-0.1, -0.05) is 35.9 Å². The minimum absolute atomic E-state index is 0.00374. The molecule has 0 bridgehead atoms. The van der Waals surface area contributed by atoms with Crippen LogP contribution in [0.4, 0.5) is 4.39 Å². The van der Waals surface area contributed by atoms with E-state index >= 15 is 0 Å². The van der Waals surface area contributed by atoms with Crippen LogP contribution in [0.5, 0.6) is 0 Å². The van der Waals surface area contributed by atoms with Gasteiger partial charge in [0.05, 0.1) is 12.5 Å². The van der Waals surface area contributed by atoms with Crippen LogP contribution in [-0.4, -0.2) is 46.2 Å². The first-order chi connectivity index (χ1) is 16.4. The molecule has 3 aromatic rings. The SMILES string of the molecule is CCOC[C@H](C[C@@H](Cc1ccc(-c2cc(Cl)ccc2F)cc1)NC(=O)c1ncccn1)C(=O)O. The molecule has 0 aliphatic heterocycles. The first kappa shape index (κ1) is 25.3. The summed E-state index contributed by atoms with van der Waals surface area (Å²) in [5.41, 5.74) is 1.88. The van der Waals surface area contributed by atoms with E-state index in [-0.39, 0.29) is 24.7 Å². The molecule has 0 aliphatic carbocycles. The first-order valence-corrected chi connectivity index (χ1v) is 11.2. The zero-order valence-corrected chi connectivity index (χ0v) is 19.3. The molecule has 0 fully saturated rings. The van der Waals surface area contributed by atoms with Crippen molar-refractivity contribution < 1.29 is 23.8 Å². The third-order valence-corrected chi connectivity index (χ3v) is 5.46. The topological polar surface area (TPSA) is 101 Å². The summed E-state index contributed by atoms with van der Waals surface area (Å²) in [5, 5.41) is 12.9. The number of hydrogen-bond donors (Lipinski definition) is 2. The maximum Gasteiger partial charge on any atom is 0.308 e. The molecule has 0 radical (unpaired) electrons. The number of hydrogen-bond acceptors (Lipinski definition) is 5. The zero-order valence-electron chi connectivity index (χ0n) is 18.6. The quantitative estimate of drug-likeness (QED) is 0.417. The van der Waals surface area contributed by atoms with E-state index < -0.39 is 23.8 Å². The average Bonchev–Trinajstić information content (AvgIpc) is 2.84. The van der Waals surface area contributed by atoms with Crippen molar-refractivity contribution in [2.45, 2.75) is 25.8 Å². The van der Waals surface area contributed by atoms with Crippen LogP contribution in [0.2, 0.25) is 5.02 Å². The normalized spacial score (nSPS) is 12.7. The van der Waals surface area contributed by atoms with Crippen LogP contribution in [0.25, 0.3) is 11.1 Å². The van der Waals surface area contributed by atoms with Crippen molar-refractivity contribution in [1.82, 2.24) is 15.3 Å². The summed E-state index contributed by atoms with van der Waals surface area (Å²) in [7, 11) is 0. The van der Waals surface area contributed by atoms with E-state index in [1.807, 2.05) is 12.1 Å². The number of aromatic nitrogens is 2. The Hall–Kier alpha value is -3.36. The predicted octanol–water partition coefficient (Wildman–Crippen LogP) is 4.40. The Morgan fingerprint density at radius 3 is 2.50 bits per heavy atom. The molecule has 1 heterocycles.